The van der Waals surface area contributed by atoms with Crippen LogP contribution in [0, 0.1) is 0 Å². The van der Waals surface area contributed by atoms with E-state index in [1.165, 1.54) is 0 Å². The van der Waals surface area contributed by atoms with Crippen molar-refractivity contribution in [3.63, 3.8) is 0 Å². The van der Waals surface area contributed by atoms with Gasteiger partial charge in [0.1, 0.15) is 0 Å². The summed E-state index contributed by atoms with van der Waals surface area (Å²) in [6, 6.07) is 0.646. The molecule has 2 atom stereocenters. The molecule has 0 bridgehead atoms. The molecule has 92 valence electrons. The minimum atomic E-state index is 0.111. The first-order valence-corrected chi connectivity index (χ1v) is 5.64. The maximum atomic E-state index is 5.95. The third-order valence-electron chi connectivity index (χ3n) is 2.51. The summed E-state index contributed by atoms with van der Waals surface area (Å²) < 4.78 is 5.05. The molecular formula is C11H27N3O. The molecule has 0 aliphatic rings. The van der Waals surface area contributed by atoms with Gasteiger partial charge in [-0.2, -0.15) is 0 Å². The number of hydrogen-bond acceptors (Lipinski definition) is 4. The Morgan fingerprint density at radius 1 is 1.27 bits per heavy atom. The fourth-order valence-electron chi connectivity index (χ4n) is 1.83. The van der Waals surface area contributed by atoms with Crippen molar-refractivity contribution in [1.29, 1.82) is 0 Å². The molecule has 0 radical (unpaired) electrons. The monoisotopic (exact) mass is 217 g/mol. The van der Waals surface area contributed by atoms with Crippen molar-refractivity contribution in [3.05, 3.63) is 0 Å². The smallest absolute Gasteiger partial charge is 0.0626 e. The molecule has 2 unspecified atom stereocenters. The predicted molar refractivity (Wildman–Crippen MR) is 65.1 cm³/mol. The number of likely N-dealkylation sites (N-methyl/N-ethyl adjacent to an activating group) is 2. The van der Waals surface area contributed by atoms with E-state index in [0.29, 0.717) is 12.6 Å². The van der Waals surface area contributed by atoms with Gasteiger partial charge in [-0.25, -0.2) is 0 Å². The lowest BCUT2D eigenvalue weighted by Crippen LogP contribution is -2.47. The topological polar surface area (TPSA) is 41.7 Å². The number of nitrogens with zero attached hydrogens (tertiary/aromatic N) is 2. The van der Waals surface area contributed by atoms with Gasteiger partial charge in [-0.15, -0.1) is 0 Å². The molecule has 0 fully saturated rings. The van der Waals surface area contributed by atoms with Crippen molar-refractivity contribution in [2.75, 3.05) is 47.4 Å². The van der Waals surface area contributed by atoms with Crippen molar-refractivity contribution >= 4 is 0 Å². The Bertz CT molecular complexity index is 153. The van der Waals surface area contributed by atoms with Crippen LogP contribution in [0.2, 0.25) is 0 Å². The normalized spacial score (nSPS) is 16.0. The first-order valence-electron chi connectivity index (χ1n) is 5.64. The summed E-state index contributed by atoms with van der Waals surface area (Å²) in [5, 5.41) is 0. The van der Waals surface area contributed by atoms with E-state index in [1.807, 2.05) is 0 Å². The largest absolute Gasteiger partial charge is 0.383 e. The number of ether oxygens (including phenoxy) is 1. The van der Waals surface area contributed by atoms with E-state index in [0.717, 1.165) is 19.6 Å². The van der Waals surface area contributed by atoms with Crippen molar-refractivity contribution in [2.45, 2.75) is 25.9 Å². The van der Waals surface area contributed by atoms with E-state index in [1.54, 1.807) is 7.11 Å². The van der Waals surface area contributed by atoms with Crippen LogP contribution in [0.1, 0.15) is 13.8 Å². The summed E-state index contributed by atoms with van der Waals surface area (Å²) in [6.45, 7) is 8.04. The predicted octanol–water partition coefficient (Wildman–Crippen LogP) is 0.232. The molecule has 0 rings (SSSR count). The third-order valence-corrected chi connectivity index (χ3v) is 2.51. The number of nitrogens with two attached hydrogens (primary N) is 1. The summed E-state index contributed by atoms with van der Waals surface area (Å²) >= 11 is 0. The van der Waals surface area contributed by atoms with E-state index >= 15 is 0 Å². The Hall–Kier alpha value is -0.160. The Kier molecular flexibility index (Phi) is 7.96. The van der Waals surface area contributed by atoms with Gasteiger partial charge in [-0.1, -0.05) is 6.92 Å². The SMILES string of the molecule is CCN(CC(N)COC)C(C)CN(C)C. The van der Waals surface area contributed by atoms with Crippen molar-refractivity contribution in [1.82, 2.24) is 9.80 Å². The highest BCUT2D eigenvalue weighted by Crippen LogP contribution is 2.01. The fourth-order valence-corrected chi connectivity index (χ4v) is 1.83. The van der Waals surface area contributed by atoms with Crippen LogP contribution in [0.15, 0.2) is 0 Å². The van der Waals surface area contributed by atoms with Crippen LogP contribution in [0.3, 0.4) is 0 Å². The highest BCUT2D eigenvalue weighted by molar-refractivity contribution is 4.73. The van der Waals surface area contributed by atoms with Crippen LogP contribution >= 0.6 is 0 Å². The third kappa shape index (κ3) is 6.84. The van der Waals surface area contributed by atoms with Gasteiger partial charge in [0, 0.05) is 32.3 Å². The molecule has 4 nitrogen and oxygen atoms in total. The van der Waals surface area contributed by atoms with Gasteiger partial charge in [0.15, 0.2) is 0 Å². The first-order chi connectivity index (χ1) is 7.01. The fraction of sp³-hybridized carbons (Fsp3) is 1.00. The molecule has 0 aromatic rings. The molecule has 15 heavy (non-hydrogen) atoms. The van der Waals surface area contributed by atoms with E-state index in [-0.39, 0.29) is 6.04 Å². The summed E-state index contributed by atoms with van der Waals surface area (Å²) in [5.74, 6) is 0. The van der Waals surface area contributed by atoms with Crippen LogP contribution in [0.25, 0.3) is 0 Å². The number of methoxy groups -OCH3 is 1. The lowest BCUT2D eigenvalue weighted by molar-refractivity contribution is 0.129. The lowest BCUT2D eigenvalue weighted by atomic mass is 10.2. The molecule has 0 heterocycles. The van der Waals surface area contributed by atoms with Crippen LogP contribution in [-0.4, -0.2) is 69.3 Å². The van der Waals surface area contributed by atoms with Gasteiger partial charge in [0.2, 0.25) is 0 Å². The number of rotatable bonds is 8. The first kappa shape index (κ1) is 14.8. The minimum Gasteiger partial charge on any atom is -0.383 e. The Balaban J connectivity index is 3.99. The summed E-state index contributed by atoms with van der Waals surface area (Å²) in [7, 11) is 5.89. The highest BCUT2D eigenvalue weighted by Gasteiger charge is 2.15. The Labute approximate surface area is 94.4 Å². The molecule has 0 saturated heterocycles. The van der Waals surface area contributed by atoms with Crippen molar-refractivity contribution in [3.8, 4) is 0 Å². The van der Waals surface area contributed by atoms with Crippen LogP contribution in [0.5, 0.6) is 0 Å². The van der Waals surface area contributed by atoms with E-state index < -0.39 is 0 Å². The zero-order valence-electron chi connectivity index (χ0n) is 10.9. The van der Waals surface area contributed by atoms with E-state index in [9.17, 15) is 0 Å². The molecule has 0 amide bonds. The summed E-state index contributed by atoms with van der Waals surface area (Å²) in [6.07, 6.45) is 0. The van der Waals surface area contributed by atoms with E-state index in [4.69, 9.17) is 10.5 Å². The molecule has 0 aromatic carbocycles. The molecule has 2 N–H and O–H groups in total. The molecule has 0 spiro atoms. The zero-order chi connectivity index (χ0) is 11.8. The van der Waals surface area contributed by atoms with Crippen molar-refractivity contribution < 1.29 is 4.74 Å². The van der Waals surface area contributed by atoms with Gasteiger partial charge in [-0.05, 0) is 27.6 Å². The van der Waals surface area contributed by atoms with Crippen molar-refractivity contribution in [2.24, 2.45) is 5.73 Å². The second-order valence-corrected chi connectivity index (χ2v) is 4.41. The van der Waals surface area contributed by atoms with Gasteiger partial charge < -0.3 is 15.4 Å². The van der Waals surface area contributed by atoms with Crippen LogP contribution in [0.4, 0.5) is 0 Å². The molecule has 0 aliphatic heterocycles. The summed E-state index contributed by atoms with van der Waals surface area (Å²) in [5.41, 5.74) is 5.95. The molecular weight excluding hydrogens is 190 g/mol. The number of hydrogen-bond donors (Lipinski definition) is 1. The van der Waals surface area contributed by atoms with Gasteiger partial charge >= 0.3 is 0 Å². The van der Waals surface area contributed by atoms with Crippen LogP contribution in [-0.2, 0) is 4.74 Å². The second kappa shape index (κ2) is 8.05. The average molecular weight is 217 g/mol. The second-order valence-electron chi connectivity index (χ2n) is 4.41. The standard InChI is InChI=1S/C11H27N3O/c1-6-14(8-11(12)9-15-5)10(2)7-13(3)4/h10-11H,6-9,12H2,1-5H3. The lowest BCUT2D eigenvalue weighted by Gasteiger charge is -2.31. The summed E-state index contributed by atoms with van der Waals surface area (Å²) in [4.78, 5) is 4.60. The Morgan fingerprint density at radius 3 is 2.27 bits per heavy atom. The zero-order valence-corrected chi connectivity index (χ0v) is 10.9. The molecule has 0 aliphatic carbocycles. The highest BCUT2D eigenvalue weighted by atomic mass is 16.5. The van der Waals surface area contributed by atoms with Gasteiger partial charge in [-0.3, -0.25) is 4.90 Å². The van der Waals surface area contributed by atoms with Crippen LogP contribution < -0.4 is 5.73 Å². The molecule has 0 aromatic heterocycles. The van der Waals surface area contributed by atoms with E-state index in [2.05, 4.69) is 37.7 Å². The molecule has 4 heteroatoms. The maximum Gasteiger partial charge on any atom is 0.0626 e. The maximum absolute atomic E-state index is 5.95. The average Bonchev–Trinajstić information content (AvgIpc) is 2.13. The quantitative estimate of drug-likeness (QED) is 0.632. The minimum absolute atomic E-state index is 0.111. The Morgan fingerprint density at radius 2 is 1.87 bits per heavy atom. The van der Waals surface area contributed by atoms with Gasteiger partial charge in [0.25, 0.3) is 0 Å². The van der Waals surface area contributed by atoms with Gasteiger partial charge in [0.05, 0.1) is 6.61 Å². The molecule has 0 saturated carbocycles.